The third kappa shape index (κ3) is 0.479. The Morgan fingerprint density at radius 2 is 2.75 bits per heavy atom. The summed E-state index contributed by atoms with van der Waals surface area (Å²) in [5.41, 5.74) is 0. The maximum absolute atomic E-state index is 5.19. The second-order valence-corrected chi connectivity index (χ2v) is 2.29. The third-order valence-electron chi connectivity index (χ3n) is 1.72. The van der Waals surface area contributed by atoms with Crippen molar-refractivity contribution in [3.05, 3.63) is 12.3 Å². The van der Waals surface area contributed by atoms with Crippen LogP contribution in [0.3, 0.4) is 0 Å². The standard InChI is InChI=1S/C5H8BNO/c1-2-5-4-8-6-7(5)3-1/h1,3,5-6H,2,4H2. The quantitative estimate of drug-likeness (QED) is 0.402. The summed E-state index contributed by atoms with van der Waals surface area (Å²) in [6, 6.07) is 0.676. The number of hydrogen-bond acceptors (Lipinski definition) is 2. The lowest BCUT2D eigenvalue weighted by Crippen LogP contribution is -2.21. The molecule has 2 nitrogen and oxygen atoms in total. The van der Waals surface area contributed by atoms with Crippen molar-refractivity contribution in [2.75, 3.05) is 6.61 Å². The van der Waals surface area contributed by atoms with Crippen LogP contribution >= 0.6 is 0 Å². The second kappa shape index (κ2) is 1.52. The van der Waals surface area contributed by atoms with Gasteiger partial charge in [-0.2, -0.15) is 0 Å². The fourth-order valence-corrected chi connectivity index (χ4v) is 1.22. The molecular formula is C5H8BNO. The largest absolute Gasteiger partial charge is 0.417 e. The van der Waals surface area contributed by atoms with Crippen LogP contribution in [0.25, 0.3) is 0 Å². The summed E-state index contributed by atoms with van der Waals surface area (Å²) in [5.74, 6) is 0. The van der Waals surface area contributed by atoms with Crippen LogP contribution in [0.15, 0.2) is 12.3 Å². The van der Waals surface area contributed by atoms with Crippen LogP contribution < -0.4 is 0 Å². The highest BCUT2D eigenvalue weighted by Gasteiger charge is 2.25. The average Bonchev–Trinajstić information content (AvgIpc) is 2.15. The van der Waals surface area contributed by atoms with Crippen LogP contribution in [-0.4, -0.2) is 25.1 Å². The Morgan fingerprint density at radius 1 is 1.75 bits per heavy atom. The molecule has 1 atom stereocenters. The summed E-state index contributed by atoms with van der Waals surface area (Å²) in [4.78, 5) is 2.24. The van der Waals surface area contributed by atoms with Crippen molar-refractivity contribution in [3.63, 3.8) is 0 Å². The van der Waals surface area contributed by atoms with Gasteiger partial charge < -0.3 is 9.47 Å². The highest BCUT2D eigenvalue weighted by molar-refractivity contribution is 6.25. The van der Waals surface area contributed by atoms with Gasteiger partial charge in [0.15, 0.2) is 0 Å². The van der Waals surface area contributed by atoms with E-state index in [1.807, 2.05) is 0 Å². The molecule has 0 aromatic carbocycles. The van der Waals surface area contributed by atoms with E-state index < -0.39 is 0 Å². The Balaban J connectivity index is 2.13. The van der Waals surface area contributed by atoms with Crippen LogP contribution in [0.4, 0.5) is 0 Å². The van der Waals surface area contributed by atoms with Gasteiger partial charge in [0.1, 0.15) is 0 Å². The first-order valence-corrected chi connectivity index (χ1v) is 2.97. The molecule has 42 valence electrons. The zero-order valence-electron chi connectivity index (χ0n) is 4.71. The number of fused-ring (bicyclic) bond motifs is 1. The first kappa shape index (κ1) is 4.44. The van der Waals surface area contributed by atoms with Crippen molar-refractivity contribution >= 4 is 7.62 Å². The van der Waals surface area contributed by atoms with E-state index in [0.717, 1.165) is 14.2 Å². The Bertz CT molecular complexity index is 126. The first-order chi connectivity index (χ1) is 3.97. The number of nitrogens with zero attached hydrogens (tertiary/aromatic N) is 1. The highest BCUT2D eigenvalue weighted by Crippen LogP contribution is 2.17. The van der Waals surface area contributed by atoms with Gasteiger partial charge in [0.2, 0.25) is 0 Å². The van der Waals surface area contributed by atoms with Gasteiger partial charge in [-0.25, -0.2) is 0 Å². The monoisotopic (exact) mass is 109 g/mol. The summed E-state index contributed by atoms with van der Waals surface area (Å²) in [7, 11) is 0.807. The van der Waals surface area contributed by atoms with Gasteiger partial charge in [-0.1, -0.05) is 6.08 Å². The molecule has 0 amide bonds. The normalized spacial score (nSPS) is 33.0. The molecule has 0 N–H and O–H groups in total. The molecular weight excluding hydrogens is 101 g/mol. The van der Waals surface area contributed by atoms with E-state index >= 15 is 0 Å². The fraction of sp³-hybridized carbons (Fsp3) is 0.600. The summed E-state index contributed by atoms with van der Waals surface area (Å²) in [6.07, 6.45) is 5.50. The molecule has 0 saturated carbocycles. The Kier molecular flexibility index (Phi) is 0.844. The van der Waals surface area contributed by atoms with Gasteiger partial charge in [0.25, 0.3) is 0 Å². The summed E-state index contributed by atoms with van der Waals surface area (Å²) in [6.45, 7) is 0.924. The summed E-state index contributed by atoms with van der Waals surface area (Å²) in [5, 5.41) is 0. The van der Waals surface area contributed by atoms with Gasteiger partial charge in [0, 0.05) is 6.04 Å². The van der Waals surface area contributed by atoms with E-state index in [1.54, 1.807) is 0 Å². The average molecular weight is 109 g/mol. The topological polar surface area (TPSA) is 12.5 Å². The van der Waals surface area contributed by atoms with Crippen LogP contribution in [-0.2, 0) is 4.65 Å². The van der Waals surface area contributed by atoms with Gasteiger partial charge >= 0.3 is 7.62 Å². The molecule has 2 aliphatic heterocycles. The molecule has 3 heteroatoms. The fourth-order valence-electron chi connectivity index (χ4n) is 1.22. The minimum atomic E-state index is 0.676. The maximum Gasteiger partial charge on any atom is 0.396 e. The molecule has 0 aliphatic carbocycles. The molecule has 0 bridgehead atoms. The molecule has 0 radical (unpaired) electrons. The zero-order valence-corrected chi connectivity index (χ0v) is 4.71. The predicted molar refractivity (Wildman–Crippen MR) is 32.5 cm³/mol. The lowest BCUT2D eigenvalue weighted by molar-refractivity contribution is 0.340. The lowest BCUT2D eigenvalue weighted by Gasteiger charge is -2.10. The van der Waals surface area contributed by atoms with E-state index in [0.29, 0.717) is 6.04 Å². The smallest absolute Gasteiger partial charge is 0.396 e. The molecule has 8 heavy (non-hydrogen) atoms. The summed E-state index contributed by atoms with van der Waals surface area (Å²) < 4.78 is 5.19. The molecule has 0 spiro atoms. The van der Waals surface area contributed by atoms with Crippen molar-refractivity contribution in [2.24, 2.45) is 0 Å². The van der Waals surface area contributed by atoms with Gasteiger partial charge in [-0.05, 0) is 12.6 Å². The third-order valence-corrected chi connectivity index (χ3v) is 1.72. The van der Waals surface area contributed by atoms with Gasteiger partial charge in [-0.15, -0.1) is 0 Å². The second-order valence-electron chi connectivity index (χ2n) is 2.29. The molecule has 2 heterocycles. The van der Waals surface area contributed by atoms with Crippen LogP contribution in [0, 0.1) is 0 Å². The van der Waals surface area contributed by atoms with E-state index in [4.69, 9.17) is 4.65 Å². The van der Waals surface area contributed by atoms with E-state index in [2.05, 4.69) is 17.1 Å². The minimum Gasteiger partial charge on any atom is -0.417 e. The van der Waals surface area contributed by atoms with Crippen molar-refractivity contribution < 1.29 is 4.65 Å². The molecule has 1 saturated heterocycles. The predicted octanol–water partition coefficient (Wildman–Crippen LogP) is -0.129. The Morgan fingerprint density at radius 3 is 3.62 bits per heavy atom. The molecule has 0 aromatic heterocycles. The van der Waals surface area contributed by atoms with Gasteiger partial charge in [0.05, 0.1) is 6.61 Å². The van der Waals surface area contributed by atoms with Crippen molar-refractivity contribution in [1.29, 1.82) is 0 Å². The molecule has 1 fully saturated rings. The molecule has 0 aromatic rings. The van der Waals surface area contributed by atoms with Crippen LogP contribution in [0.2, 0.25) is 0 Å². The van der Waals surface area contributed by atoms with E-state index in [1.165, 1.54) is 6.42 Å². The molecule has 2 rings (SSSR count). The molecule has 1 unspecified atom stereocenters. The van der Waals surface area contributed by atoms with Gasteiger partial charge in [-0.3, -0.25) is 0 Å². The SMILES string of the molecule is B1OCC2CC=CN12. The maximum atomic E-state index is 5.19. The first-order valence-electron chi connectivity index (χ1n) is 2.97. The number of rotatable bonds is 0. The van der Waals surface area contributed by atoms with E-state index in [9.17, 15) is 0 Å². The van der Waals surface area contributed by atoms with Crippen LogP contribution in [0.1, 0.15) is 6.42 Å². The van der Waals surface area contributed by atoms with Crippen molar-refractivity contribution in [2.45, 2.75) is 12.5 Å². The van der Waals surface area contributed by atoms with Crippen LogP contribution in [0.5, 0.6) is 0 Å². The summed E-state index contributed by atoms with van der Waals surface area (Å²) >= 11 is 0. The van der Waals surface area contributed by atoms with E-state index in [-0.39, 0.29) is 0 Å². The lowest BCUT2D eigenvalue weighted by atomic mass is 10.2. The number of hydrogen-bond donors (Lipinski definition) is 0. The highest BCUT2D eigenvalue weighted by atomic mass is 16.4. The van der Waals surface area contributed by atoms with Crippen molar-refractivity contribution in [3.8, 4) is 0 Å². The Labute approximate surface area is 49.4 Å². The molecule has 2 aliphatic rings. The minimum absolute atomic E-state index is 0.676. The van der Waals surface area contributed by atoms with Crippen molar-refractivity contribution in [1.82, 2.24) is 4.81 Å². The zero-order chi connectivity index (χ0) is 5.40. The Hall–Kier alpha value is -0.435.